The van der Waals surface area contributed by atoms with E-state index in [0.29, 0.717) is 22.2 Å². The highest BCUT2D eigenvalue weighted by Gasteiger charge is 2.21. The SMILES string of the molecule is COc1cccc(Cl)c1C(O)c1nccn1C. The summed E-state index contributed by atoms with van der Waals surface area (Å²) < 4.78 is 6.95. The Kier molecular flexibility index (Phi) is 3.36. The maximum absolute atomic E-state index is 10.3. The first-order chi connectivity index (χ1) is 8.15. The van der Waals surface area contributed by atoms with Crippen molar-refractivity contribution in [3.8, 4) is 5.75 Å². The van der Waals surface area contributed by atoms with E-state index in [9.17, 15) is 5.11 Å². The summed E-state index contributed by atoms with van der Waals surface area (Å²) in [6, 6.07) is 5.24. The molecular weight excluding hydrogens is 240 g/mol. The Morgan fingerprint density at radius 2 is 2.24 bits per heavy atom. The molecule has 0 bridgehead atoms. The molecule has 0 fully saturated rings. The minimum absolute atomic E-state index is 0.458. The summed E-state index contributed by atoms with van der Waals surface area (Å²) in [4.78, 5) is 4.11. The Morgan fingerprint density at radius 1 is 1.47 bits per heavy atom. The molecule has 2 rings (SSSR count). The second kappa shape index (κ2) is 4.77. The average Bonchev–Trinajstić information content (AvgIpc) is 2.74. The third-order valence-corrected chi connectivity index (χ3v) is 2.94. The number of aliphatic hydroxyl groups is 1. The van der Waals surface area contributed by atoms with Crippen molar-refractivity contribution in [2.75, 3.05) is 7.11 Å². The van der Waals surface area contributed by atoms with Gasteiger partial charge in [-0.3, -0.25) is 0 Å². The number of methoxy groups -OCH3 is 1. The number of aryl methyl sites for hydroxylation is 1. The smallest absolute Gasteiger partial charge is 0.142 e. The summed E-state index contributed by atoms with van der Waals surface area (Å²) >= 11 is 6.10. The van der Waals surface area contributed by atoms with Crippen molar-refractivity contribution < 1.29 is 9.84 Å². The van der Waals surface area contributed by atoms with Crippen LogP contribution in [0.5, 0.6) is 5.75 Å². The quantitative estimate of drug-likeness (QED) is 0.911. The van der Waals surface area contributed by atoms with Crippen molar-refractivity contribution in [2.24, 2.45) is 7.05 Å². The molecule has 0 amide bonds. The summed E-state index contributed by atoms with van der Waals surface area (Å²) in [7, 11) is 3.36. The van der Waals surface area contributed by atoms with Crippen LogP contribution in [0.2, 0.25) is 5.02 Å². The van der Waals surface area contributed by atoms with Gasteiger partial charge in [0.05, 0.1) is 12.1 Å². The fourth-order valence-corrected chi connectivity index (χ4v) is 2.00. The Morgan fingerprint density at radius 3 is 2.82 bits per heavy atom. The summed E-state index contributed by atoms with van der Waals surface area (Å²) in [5.74, 6) is 1.07. The van der Waals surface area contributed by atoms with Gasteiger partial charge in [0, 0.05) is 25.0 Å². The van der Waals surface area contributed by atoms with Crippen LogP contribution in [0, 0.1) is 0 Å². The predicted molar refractivity (Wildman–Crippen MR) is 65.3 cm³/mol. The van der Waals surface area contributed by atoms with Crippen molar-refractivity contribution in [3.63, 3.8) is 0 Å². The molecule has 17 heavy (non-hydrogen) atoms. The molecule has 0 aliphatic heterocycles. The van der Waals surface area contributed by atoms with Gasteiger partial charge in [-0.15, -0.1) is 0 Å². The van der Waals surface area contributed by atoms with Crippen molar-refractivity contribution >= 4 is 11.6 Å². The Bertz CT molecular complexity index is 525. The molecule has 0 radical (unpaired) electrons. The number of imidazole rings is 1. The highest BCUT2D eigenvalue weighted by Crippen LogP contribution is 2.34. The van der Waals surface area contributed by atoms with Gasteiger partial charge < -0.3 is 14.4 Å². The van der Waals surface area contributed by atoms with Crippen LogP contribution in [0.1, 0.15) is 17.5 Å². The van der Waals surface area contributed by atoms with Gasteiger partial charge in [0.25, 0.3) is 0 Å². The van der Waals surface area contributed by atoms with Crippen LogP contribution in [-0.4, -0.2) is 21.8 Å². The lowest BCUT2D eigenvalue weighted by molar-refractivity contribution is 0.201. The number of benzene rings is 1. The molecular formula is C12H13ClN2O2. The Hall–Kier alpha value is -1.52. The second-order valence-electron chi connectivity index (χ2n) is 3.65. The number of aromatic nitrogens is 2. The molecule has 4 nitrogen and oxygen atoms in total. The highest BCUT2D eigenvalue weighted by atomic mass is 35.5. The van der Waals surface area contributed by atoms with Gasteiger partial charge in [-0.25, -0.2) is 4.98 Å². The van der Waals surface area contributed by atoms with Crippen LogP contribution in [0.25, 0.3) is 0 Å². The van der Waals surface area contributed by atoms with Crippen LogP contribution in [0.15, 0.2) is 30.6 Å². The third kappa shape index (κ3) is 2.14. The Labute approximate surface area is 104 Å². The lowest BCUT2D eigenvalue weighted by Gasteiger charge is -2.16. The van der Waals surface area contributed by atoms with E-state index in [1.807, 2.05) is 7.05 Å². The van der Waals surface area contributed by atoms with Crippen LogP contribution in [-0.2, 0) is 7.05 Å². The van der Waals surface area contributed by atoms with Gasteiger partial charge in [0.2, 0.25) is 0 Å². The molecule has 2 aromatic rings. The largest absolute Gasteiger partial charge is 0.496 e. The lowest BCUT2D eigenvalue weighted by Crippen LogP contribution is -2.09. The number of rotatable bonds is 3. The topological polar surface area (TPSA) is 47.3 Å². The van der Waals surface area contributed by atoms with Gasteiger partial charge in [0.1, 0.15) is 17.7 Å². The van der Waals surface area contributed by atoms with E-state index < -0.39 is 6.10 Å². The van der Waals surface area contributed by atoms with Crippen LogP contribution >= 0.6 is 11.6 Å². The third-order valence-electron chi connectivity index (χ3n) is 2.61. The fourth-order valence-electron chi connectivity index (χ4n) is 1.73. The zero-order valence-electron chi connectivity index (χ0n) is 9.59. The van der Waals surface area contributed by atoms with E-state index in [4.69, 9.17) is 16.3 Å². The van der Waals surface area contributed by atoms with Gasteiger partial charge in [0.15, 0.2) is 0 Å². The summed E-state index contributed by atoms with van der Waals surface area (Å²) in [6.07, 6.45) is 2.49. The van der Waals surface area contributed by atoms with Crippen molar-refractivity contribution in [2.45, 2.75) is 6.10 Å². The van der Waals surface area contributed by atoms with Gasteiger partial charge in [-0.2, -0.15) is 0 Å². The predicted octanol–water partition coefficient (Wildman–Crippen LogP) is 2.16. The van der Waals surface area contributed by atoms with Crippen molar-refractivity contribution in [3.05, 3.63) is 47.0 Å². The van der Waals surface area contributed by atoms with Gasteiger partial charge >= 0.3 is 0 Å². The number of hydrogen-bond acceptors (Lipinski definition) is 3. The van der Waals surface area contributed by atoms with Crippen molar-refractivity contribution in [1.29, 1.82) is 0 Å². The number of halogens is 1. The first-order valence-electron chi connectivity index (χ1n) is 5.13. The van der Waals surface area contributed by atoms with Crippen LogP contribution in [0.3, 0.4) is 0 Å². The zero-order valence-corrected chi connectivity index (χ0v) is 10.3. The molecule has 1 heterocycles. The summed E-state index contributed by atoms with van der Waals surface area (Å²) in [6.45, 7) is 0. The number of aliphatic hydroxyl groups excluding tert-OH is 1. The molecule has 5 heteroatoms. The summed E-state index contributed by atoms with van der Waals surface area (Å²) in [5, 5.41) is 10.8. The zero-order chi connectivity index (χ0) is 12.4. The van der Waals surface area contributed by atoms with Gasteiger partial charge in [-0.1, -0.05) is 17.7 Å². The van der Waals surface area contributed by atoms with E-state index in [2.05, 4.69) is 4.98 Å². The maximum atomic E-state index is 10.3. The van der Waals surface area contributed by atoms with Crippen LogP contribution < -0.4 is 4.74 Å². The minimum Gasteiger partial charge on any atom is -0.496 e. The van der Waals surface area contributed by atoms with Gasteiger partial charge in [-0.05, 0) is 12.1 Å². The molecule has 1 aromatic heterocycles. The van der Waals surface area contributed by atoms with Crippen molar-refractivity contribution in [1.82, 2.24) is 9.55 Å². The first kappa shape index (κ1) is 12.0. The number of hydrogen-bond donors (Lipinski definition) is 1. The van der Waals surface area contributed by atoms with E-state index in [1.165, 1.54) is 0 Å². The second-order valence-corrected chi connectivity index (χ2v) is 4.06. The standard InChI is InChI=1S/C12H13ClN2O2/c1-15-7-6-14-12(15)11(16)10-8(13)4-3-5-9(10)17-2/h3-7,11,16H,1-2H3. The monoisotopic (exact) mass is 252 g/mol. The molecule has 1 N–H and O–H groups in total. The van der Waals surface area contributed by atoms with E-state index in [0.717, 1.165) is 0 Å². The molecule has 0 spiro atoms. The lowest BCUT2D eigenvalue weighted by atomic mass is 10.1. The highest BCUT2D eigenvalue weighted by molar-refractivity contribution is 6.31. The Balaban J connectivity index is 2.50. The average molecular weight is 253 g/mol. The van der Waals surface area contributed by atoms with E-state index >= 15 is 0 Å². The number of nitrogens with zero attached hydrogens (tertiary/aromatic N) is 2. The minimum atomic E-state index is -0.904. The fraction of sp³-hybridized carbons (Fsp3) is 0.250. The first-order valence-corrected chi connectivity index (χ1v) is 5.50. The molecule has 0 aliphatic carbocycles. The molecule has 1 aromatic carbocycles. The molecule has 1 unspecified atom stereocenters. The summed E-state index contributed by atoms with van der Waals surface area (Å²) in [5.41, 5.74) is 0.533. The maximum Gasteiger partial charge on any atom is 0.142 e. The normalized spacial score (nSPS) is 12.5. The molecule has 1 atom stereocenters. The molecule has 0 aliphatic rings. The molecule has 0 saturated heterocycles. The molecule has 0 saturated carbocycles. The van der Waals surface area contributed by atoms with E-state index in [-0.39, 0.29) is 0 Å². The van der Waals surface area contributed by atoms with Crippen LogP contribution in [0.4, 0.5) is 0 Å². The van der Waals surface area contributed by atoms with E-state index in [1.54, 1.807) is 42.3 Å². The molecule has 90 valence electrons. The number of ether oxygens (including phenoxy) is 1.